The summed E-state index contributed by atoms with van der Waals surface area (Å²) in [6.07, 6.45) is 1.56. The molecule has 0 aliphatic carbocycles. The minimum atomic E-state index is -0.770. The van der Waals surface area contributed by atoms with E-state index in [-0.39, 0.29) is 5.56 Å². The lowest BCUT2D eigenvalue weighted by Gasteiger charge is -2.00. The Labute approximate surface area is 79.4 Å². The molecule has 3 nitrogen and oxygen atoms in total. The lowest BCUT2D eigenvalue weighted by molar-refractivity contribution is 0.0996. The van der Waals surface area contributed by atoms with E-state index in [1.807, 2.05) is 0 Å². The molecule has 0 saturated heterocycles. The van der Waals surface area contributed by atoms with Gasteiger partial charge >= 0.3 is 0 Å². The summed E-state index contributed by atoms with van der Waals surface area (Å²) < 4.78 is 13.2. The molecule has 0 bridgehead atoms. The second-order valence-electron chi connectivity index (χ2n) is 2.89. The standard InChI is InChI=1S/C10H7FN2O/c11-8-5-9-6(2-1-3-13-9)4-7(8)10(12)14/h1-5H,(H2,12,14). The first-order valence-electron chi connectivity index (χ1n) is 4.02. The fourth-order valence-electron chi connectivity index (χ4n) is 1.28. The van der Waals surface area contributed by atoms with Crippen LogP contribution in [0.2, 0.25) is 0 Å². The molecule has 1 aromatic carbocycles. The van der Waals surface area contributed by atoms with Crippen molar-refractivity contribution < 1.29 is 9.18 Å². The summed E-state index contributed by atoms with van der Waals surface area (Å²) in [6, 6.07) is 6.06. The summed E-state index contributed by atoms with van der Waals surface area (Å²) in [5.74, 6) is -1.41. The molecule has 2 aromatic rings. The summed E-state index contributed by atoms with van der Waals surface area (Å²) >= 11 is 0. The normalized spacial score (nSPS) is 10.4. The third kappa shape index (κ3) is 1.31. The van der Waals surface area contributed by atoms with Crippen LogP contribution < -0.4 is 5.73 Å². The smallest absolute Gasteiger partial charge is 0.251 e. The van der Waals surface area contributed by atoms with Crippen LogP contribution in [0.15, 0.2) is 30.5 Å². The Balaban J connectivity index is 2.77. The van der Waals surface area contributed by atoms with Crippen molar-refractivity contribution in [2.24, 2.45) is 5.73 Å². The molecule has 0 atom stereocenters. The fraction of sp³-hybridized carbons (Fsp3) is 0. The second-order valence-corrected chi connectivity index (χ2v) is 2.89. The van der Waals surface area contributed by atoms with Gasteiger partial charge < -0.3 is 5.73 Å². The van der Waals surface area contributed by atoms with E-state index in [2.05, 4.69) is 4.98 Å². The summed E-state index contributed by atoms with van der Waals surface area (Å²) in [4.78, 5) is 14.8. The van der Waals surface area contributed by atoms with Gasteiger partial charge in [0, 0.05) is 17.6 Å². The van der Waals surface area contributed by atoms with Crippen molar-refractivity contribution in [2.45, 2.75) is 0 Å². The Morgan fingerprint density at radius 1 is 1.43 bits per heavy atom. The SMILES string of the molecule is NC(=O)c1cc2cccnc2cc1F. The Bertz CT molecular complexity index is 510. The Kier molecular flexibility index (Phi) is 1.89. The van der Waals surface area contributed by atoms with Crippen molar-refractivity contribution in [3.8, 4) is 0 Å². The third-order valence-electron chi connectivity index (χ3n) is 1.96. The molecule has 0 aliphatic rings. The highest BCUT2D eigenvalue weighted by Gasteiger charge is 2.09. The summed E-state index contributed by atoms with van der Waals surface area (Å²) in [7, 11) is 0. The molecule has 1 amide bonds. The second kappa shape index (κ2) is 3.06. The Hall–Kier alpha value is -1.97. The van der Waals surface area contributed by atoms with Gasteiger partial charge in [-0.05, 0) is 12.1 Å². The van der Waals surface area contributed by atoms with E-state index in [1.165, 1.54) is 12.1 Å². The number of aromatic nitrogens is 1. The molecule has 1 heterocycles. The molecular formula is C10H7FN2O. The van der Waals surface area contributed by atoms with E-state index >= 15 is 0 Å². The Morgan fingerprint density at radius 2 is 2.21 bits per heavy atom. The molecule has 0 fully saturated rings. The van der Waals surface area contributed by atoms with Gasteiger partial charge in [-0.3, -0.25) is 9.78 Å². The van der Waals surface area contributed by atoms with E-state index in [0.717, 1.165) is 0 Å². The molecule has 0 saturated carbocycles. The number of nitrogens with zero attached hydrogens (tertiary/aromatic N) is 1. The number of benzene rings is 1. The highest BCUT2D eigenvalue weighted by atomic mass is 19.1. The van der Waals surface area contributed by atoms with Crippen molar-refractivity contribution in [3.63, 3.8) is 0 Å². The first-order chi connectivity index (χ1) is 6.68. The number of rotatable bonds is 1. The van der Waals surface area contributed by atoms with E-state index in [0.29, 0.717) is 10.9 Å². The van der Waals surface area contributed by atoms with Gasteiger partial charge in [-0.25, -0.2) is 4.39 Å². The van der Waals surface area contributed by atoms with Crippen molar-refractivity contribution in [2.75, 3.05) is 0 Å². The zero-order valence-electron chi connectivity index (χ0n) is 7.20. The van der Waals surface area contributed by atoms with Crippen LogP contribution >= 0.6 is 0 Å². The van der Waals surface area contributed by atoms with Crippen LogP contribution in [0, 0.1) is 5.82 Å². The van der Waals surface area contributed by atoms with Gasteiger partial charge in [0.15, 0.2) is 0 Å². The number of pyridine rings is 1. The van der Waals surface area contributed by atoms with Gasteiger partial charge in [0.2, 0.25) is 0 Å². The van der Waals surface area contributed by atoms with Crippen LogP contribution in [0.3, 0.4) is 0 Å². The molecule has 1 aromatic heterocycles. The predicted octanol–water partition coefficient (Wildman–Crippen LogP) is 1.47. The molecule has 2 N–H and O–H groups in total. The van der Waals surface area contributed by atoms with E-state index in [9.17, 15) is 9.18 Å². The summed E-state index contributed by atoms with van der Waals surface area (Å²) in [6.45, 7) is 0. The lowest BCUT2D eigenvalue weighted by Crippen LogP contribution is -2.13. The number of amides is 1. The van der Waals surface area contributed by atoms with Crippen molar-refractivity contribution in [1.29, 1.82) is 0 Å². The minimum Gasteiger partial charge on any atom is -0.366 e. The van der Waals surface area contributed by atoms with Crippen molar-refractivity contribution in [3.05, 3.63) is 41.8 Å². The van der Waals surface area contributed by atoms with Crippen LogP contribution in [0.1, 0.15) is 10.4 Å². The molecular weight excluding hydrogens is 183 g/mol. The van der Waals surface area contributed by atoms with Crippen molar-refractivity contribution in [1.82, 2.24) is 4.98 Å². The third-order valence-corrected chi connectivity index (χ3v) is 1.96. The maximum atomic E-state index is 13.2. The zero-order valence-corrected chi connectivity index (χ0v) is 7.20. The van der Waals surface area contributed by atoms with Gasteiger partial charge in [-0.1, -0.05) is 6.07 Å². The summed E-state index contributed by atoms with van der Waals surface area (Å²) in [5.41, 5.74) is 5.41. The molecule has 14 heavy (non-hydrogen) atoms. The Morgan fingerprint density at radius 3 is 2.93 bits per heavy atom. The van der Waals surface area contributed by atoms with Crippen molar-refractivity contribution >= 4 is 16.8 Å². The van der Waals surface area contributed by atoms with E-state index in [4.69, 9.17) is 5.73 Å². The lowest BCUT2D eigenvalue weighted by atomic mass is 10.1. The average Bonchev–Trinajstić information content (AvgIpc) is 2.16. The number of primary amides is 1. The maximum Gasteiger partial charge on any atom is 0.251 e. The number of nitrogens with two attached hydrogens (primary N) is 1. The number of carbonyl (C=O) groups is 1. The van der Waals surface area contributed by atoms with Gasteiger partial charge in [0.25, 0.3) is 5.91 Å². The highest BCUT2D eigenvalue weighted by molar-refractivity contribution is 5.97. The first-order valence-corrected chi connectivity index (χ1v) is 4.02. The molecule has 0 spiro atoms. The molecule has 0 aliphatic heterocycles. The van der Waals surface area contributed by atoms with E-state index in [1.54, 1.807) is 18.3 Å². The van der Waals surface area contributed by atoms with Gasteiger partial charge in [-0.15, -0.1) is 0 Å². The molecule has 2 rings (SSSR count). The fourth-order valence-corrected chi connectivity index (χ4v) is 1.28. The number of hydrogen-bond donors (Lipinski definition) is 1. The van der Waals surface area contributed by atoms with Gasteiger partial charge in [-0.2, -0.15) is 0 Å². The molecule has 0 radical (unpaired) electrons. The summed E-state index contributed by atoms with van der Waals surface area (Å²) in [5, 5.41) is 0.697. The monoisotopic (exact) mass is 190 g/mol. The highest BCUT2D eigenvalue weighted by Crippen LogP contribution is 2.16. The van der Waals surface area contributed by atoms with Gasteiger partial charge in [0.05, 0.1) is 11.1 Å². The predicted molar refractivity (Wildman–Crippen MR) is 50.2 cm³/mol. The minimum absolute atomic E-state index is 0.106. The number of hydrogen-bond acceptors (Lipinski definition) is 2. The number of carbonyl (C=O) groups excluding carboxylic acids is 1. The molecule has 0 unspecified atom stereocenters. The van der Waals surface area contributed by atoms with Crippen LogP contribution in [0.4, 0.5) is 4.39 Å². The number of fused-ring (bicyclic) bond motifs is 1. The van der Waals surface area contributed by atoms with Gasteiger partial charge in [0.1, 0.15) is 5.82 Å². The molecule has 70 valence electrons. The maximum absolute atomic E-state index is 13.2. The first kappa shape index (κ1) is 8.62. The largest absolute Gasteiger partial charge is 0.366 e. The van der Waals surface area contributed by atoms with Crippen LogP contribution in [0.25, 0.3) is 10.9 Å². The quantitative estimate of drug-likeness (QED) is 0.740. The topological polar surface area (TPSA) is 56.0 Å². The van der Waals surface area contributed by atoms with E-state index < -0.39 is 11.7 Å². The van der Waals surface area contributed by atoms with Crippen LogP contribution in [-0.4, -0.2) is 10.9 Å². The molecule has 4 heteroatoms. The average molecular weight is 190 g/mol. The number of halogens is 1. The zero-order chi connectivity index (χ0) is 10.1. The van der Waals surface area contributed by atoms with Crippen LogP contribution in [-0.2, 0) is 0 Å². The van der Waals surface area contributed by atoms with Crippen LogP contribution in [0.5, 0.6) is 0 Å².